The minimum absolute atomic E-state index is 0.103. The van der Waals surface area contributed by atoms with E-state index in [4.69, 9.17) is 0 Å². The molecule has 1 aliphatic rings. The van der Waals surface area contributed by atoms with Gasteiger partial charge >= 0.3 is 0 Å². The second-order valence-electron chi connectivity index (χ2n) is 7.82. The zero-order valence-corrected chi connectivity index (χ0v) is 17.5. The lowest BCUT2D eigenvalue weighted by atomic mass is 9.97. The molecule has 6 heteroatoms. The fraction of sp³-hybridized carbons (Fsp3) is 0.391. The van der Waals surface area contributed by atoms with Crippen LogP contribution in [-0.2, 0) is 16.0 Å². The predicted molar refractivity (Wildman–Crippen MR) is 114 cm³/mol. The SMILES string of the molecule is Cc1cc(C)c(NC(=O)CNC(=O)CN2CCCc3c(F)ccc(C)c32)c(C)c1. The van der Waals surface area contributed by atoms with Crippen molar-refractivity contribution < 1.29 is 14.0 Å². The Balaban J connectivity index is 1.59. The Morgan fingerprint density at radius 2 is 1.72 bits per heavy atom. The Labute approximate surface area is 171 Å². The average molecular weight is 397 g/mol. The van der Waals surface area contributed by atoms with Crippen molar-refractivity contribution in [1.29, 1.82) is 0 Å². The number of carbonyl (C=O) groups is 2. The van der Waals surface area contributed by atoms with Crippen LogP contribution in [0.15, 0.2) is 24.3 Å². The number of anilines is 2. The van der Waals surface area contributed by atoms with Crippen molar-refractivity contribution >= 4 is 23.2 Å². The average Bonchev–Trinajstić information content (AvgIpc) is 2.66. The molecular formula is C23H28FN3O2. The first-order valence-electron chi connectivity index (χ1n) is 9.93. The van der Waals surface area contributed by atoms with Crippen LogP contribution in [0.4, 0.5) is 15.8 Å². The van der Waals surface area contributed by atoms with Crippen LogP contribution in [0.2, 0.25) is 0 Å². The Bertz CT molecular complexity index is 932. The fourth-order valence-electron chi connectivity index (χ4n) is 4.09. The molecule has 3 rings (SSSR count). The topological polar surface area (TPSA) is 61.4 Å². The van der Waals surface area contributed by atoms with Crippen LogP contribution >= 0.6 is 0 Å². The molecule has 2 aromatic rings. The van der Waals surface area contributed by atoms with E-state index < -0.39 is 0 Å². The van der Waals surface area contributed by atoms with Gasteiger partial charge in [-0.15, -0.1) is 0 Å². The summed E-state index contributed by atoms with van der Waals surface area (Å²) in [6.45, 7) is 8.53. The summed E-state index contributed by atoms with van der Waals surface area (Å²) in [6, 6.07) is 7.24. The molecule has 0 aliphatic carbocycles. The van der Waals surface area contributed by atoms with Crippen LogP contribution in [-0.4, -0.2) is 31.4 Å². The lowest BCUT2D eigenvalue weighted by Gasteiger charge is -2.32. The molecule has 0 fully saturated rings. The maximum absolute atomic E-state index is 14.1. The van der Waals surface area contributed by atoms with E-state index in [1.165, 1.54) is 6.07 Å². The number of benzene rings is 2. The van der Waals surface area contributed by atoms with Gasteiger partial charge in [-0.05, 0) is 63.3 Å². The summed E-state index contributed by atoms with van der Waals surface area (Å²) < 4.78 is 14.1. The lowest BCUT2D eigenvalue weighted by molar-refractivity contribution is -0.123. The molecule has 0 bridgehead atoms. The van der Waals surface area contributed by atoms with Crippen molar-refractivity contribution in [3.8, 4) is 0 Å². The molecule has 0 saturated carbocycles. The van der Waals surface area contributed by atoms with E-state index in [1.807, 2.05) is 44.7 Å². The van der Waals surface area contributed by atoms with Gasteiger partial charge in [0.05, 0.1) is 13.1 Å². The van der Waals surface area contributed by atoms with E-state index in [1.54, 1.807) is 6.07 Å². The third-order valence-electron chi connectivity index (χ3n) is 5.32. The smallest absolute Gasteiger partial charge is 0.243 e. The molecule has 2 amide bonds. The normalized spacial score (nSPS) is 13.1. The number of rotatable bonds is 5. The highest BCUT2D eigenvalue weighted by molar-refractivity contribution is 5.96. The maximum atomic E-state index is 14.1. The third kappa shape index (κ3) is 4.75. The first-order valence-corrected chi connectivity index (χ1v) is 9.93. The number of amides is 2. The van der Waals surface area contributed by atoms with Gasteiger partial charge in [-0.2, -0.15) is 0 Å². The van der Waals surface area contributed by atoms with Gasteiger partial charge in [0.25, 0.3) is 0 Å². The first-order chi connectivity index (χ1) is 13.8. The largest absolute Gasteiger partial charge is 0.362 e. The number of fused-ring (bicyclic) bond motifs is 1. The molecule has 29 heavy (non-hydrogen) atoms. The highest BCUT2D eigenvalue weighted by Gasteiger charge is 2.23. The van der Waals surface area contributed by atoms with Gasteiger partial charge in [0, 0.05) is 23.5 Å². The van der Waals surface area contributed by atoms with Gasteiger partial charge in [-0.3, -0.25) is 9.59 Å². The molecule has 1 aliphatic heterocycles. The molecule has 0 aromatic heterocycles. The standard InChI is InChI=1S/C23H28FN3O2/c1-14-10-16(3)22(17(4)11-14)26-20(28)12-25-21(29)13-27-9-5-6-18-19(24)8-7-15(2)23(18)27/h7-8,10-11H,5-6,9,12-13H2,1-4H3,(H,25,29)(H,26,28). The van der Waals surface area contributed by atoms with Crippen molar-refractivity contribution in [3.05, 3.63) is 57.9 Å². The summed E-state index contributed by atoms with van der Waals surface area (Å²) >= 11 is 0. The second-order valence-corrected chi connectivity index (χ2v) is 7.82. The van der Waals surface area contributed by atoms with Gasteiger partial charge in [0.15, 0.2) is 0 Å². The van der Waals surface area contributed by atoms with Crippen molar-refractivity contribution in [3.63, 3.8) is 0 Å². The lowest BCUT2D eigenvalue weighted by Crippen LogP contribution is -2.42. The molecule has 0 unspecified atom stereocenters. The highest BCUT2D eigenvalue weighted by atomic mass is 19.1. The van der Waals surface area contributed by atoms with Crippen molar-refractivity contribution in [2.24, 2.45) is 0 Å². The number of hydrogen-bond donors (Lipinski definition) is 2. The maximum Gasteiger partial charge on any atom is 0.243 e. The second kappa shape index (κ2) is 8.64. The van der Waals surface area contributed by atoms with Crippen molar-refractivity contribution in [1.82, 2.24) is 5.32 Å². The fourth-order valence-corrected chi connectivity index (χ4v) is 4.09. The molecular weight excluding hydrogens is 369 g/mol. The van der Waals surface area contributed by atoms with Crippen LogP contribution in [0.25, 0.3) is 0 Å². The van der Waals surface area contributed by atoms with E-state index in [-0.39, 0.29) is 30.7 Å². The van der Waals surface area contributed by atoms with Gasteiger partial charge in [-0.1, -0.05) is 23.8 Å². The summed E-state index contributed by atoms with van der Waals surface area (Å²) in [5.74, 6) is -0.748. The molecule has 5 nitrogen and oxygen atoms in total. The van der Waals surface area contributed by atoms with Gasteiger partial charge in [0.2, 0.25) is 11.8 Å². The number of nitrogens with one attached hydrogen (secondary N) is 2. The quantitative estimate of drug-likeness (QED) is 0.811. The number of nitrogens with zero attached hydrogens (tertiary/aromatic N) is 1. The zero-order chi connectivity index (χ0) is 21.1. The molecule has 2 aromatic carbocycles. The molecule has 0 atom stereocenters. The minimum Gasteiger partial charge on any atom is -0.362 e. The summed E-state index contributed by atoms with van der Waals surface area (Å²) in [6.07, 6.45) is 1.48. The summed E-state index contributed by atoms with van der Waals surface area (Å²) in [7, 11) is 0. The molecule has 0 radical (unpaired) electrons. The predicted octanol–water partition coefficient (Wildman–Crippen LogP) is 3.57. The van der Waals surface area contributed by atoms with Gasteiger partial charge in [-0.25, -0.2) is 4.39 Å². The zero-order valence-electron chi connectivity index (χ0n) is 17.5. The molecule has 0 spiro atoms. The monoisotopic (exact) mass is 397 g/mol. The Hall–Kier alpha value is -2.89. The van der Waals surface area contributed by atoms with Crippen molar-refractivity contribution in [2.45, 2.75) is 40.5 Å². The van der Waals surface area contributed by atoms with Gasteiger partial charge in [0.1, 0.15) is 5.82 Å². The van der Waals surface area contributed by atoms with Gasteiger partial charge < -0.3 is 15.5 Å². The summed E-state index contributed by atoms with van der Waals surface area (Å²) in [4.78, 5) is 26.6. The van der Waals surface area contributed by atoms with E-state index in [0.717, 1.165) is 40.0 Å². The minimum atomic E-state index is -0.269. The van der Waals surface area contributed by atoms with Crippen LogP contribution in [0.1, 0.15) is 34.2 Å². The van der Waals surface area contributed by atoms with Crippen LogP contribution in [0, 0.1) is 33.5 Å². The number of hydrogen-bond acceptors (Lipinski definition) is 3. The van der Waals surface area contributed by atoms with Crippen LogP contribution in [0.5, 0.6) is 0 Å². The van der Waals surface area contributed by atoms with Crippen LogP contribution in [0.3, 0.4) is 0 Å². The van der Waals surface area contributed by atoms with Crippen molar-refractivity contribution in [2.75, 3.05) is 29.9 Å². The molecule has 1 heterocycles. The van der Waals surface area contributed by atoms with Crippen LogP contribution < -0.4 is 15.5 Å². The number of aryl methyl sites for hydroxylation is 4. The Morgan fingerprint density at radius 3 is 2.41 bits per heavy atom. The third-order valence-corrected chi connectivity index (χ3v) is 5.32. The molecule has 154 valence electrons. The van der Waals surface area contributed by atoms with E-state index in [9.17, 15) is 14.0 Å². The first kappa shape index (κ1) is 20.8. The molecule has 2 N–H and O–H groups in total. The Kier molecular flexibility index (Phi) is 6.20. The highest BCUT2D eigenvalue weighted by Crippen LogP contribution is 2.32. The molecule has 0 saturated heterocycles. The number of halogens is 1. The van der Waals surface area contributed by atoms with E-state index in [2.05, 4.69) is 10.6 Å². The van der Waals surface area contributed by atoms with E-state index in [0.29, 0.717) is 18.5 Å². The Morgan fingerprint density at radius 1 is 1.03 bits per heavy atom. The summed E-state index contributed by atoms with van der Waals surface area (Å²) in [5, 5.41) is 5.56. The summed E-state index contributed by atoms with van der Waals surface area (Å²) in [5.41, 5.74) is 6.34. The number of carbonyl (C=O) groups excluding carboxylic acids is 2. The van der Waals surface area contributed by atoms with E-state index >= 15 is 0 Å².